The highest BCUT2D eigenvalue weighted by Crippen LogP contribution is 2.32. The number of hydrogen-bond donors (Lipinski definition) is 0. The lowest BCUT2D eigenvalue weighted by Gasteiger charge is -2.23. The molecule has 3 heterocycles. The van der Waals surface area contributed by atoms with Crippen LogP contribution in [0.4, 0.5) is 0 Å². The quantitative estimate of drug-likeness (QED) is 0.564. The van der Waals surface area contributed by atoms with Gasteiger partial charge >= 0.3 is 0 Å². The predicted molar refractivity (Wildman–Crippen MR) is 90.3 cm³/mol. The zero-order valence-electron chi connectivity index (χ0n) is 13.3. The molecule has 4 aromatic rings. The third kappa shape index (κ3) is 2.26. The Bertz CT molecular complexity index is 1070. The van der Waals surface area contributed by atoms with E-state index in [9.17, 15) is 4.79 Å². The summed E-state index contributed by atoms with van der Waals surface area (Å²) in [7, 11) is 0. The van der Waals surface area contributed by atoms with Crippen molar-refractivity contribution in [1.82, 2.24) is 19.6 Å². The minimum absolute atomic E-state index is 0.0968. The highest BCUT2D eigenvalue weighted by atomic mass is 16.3. The van der Waals surface area contributed by atoms with E-state index < -0.39 is 0 Å². The van der Waals surface area contributed by atoms with Crippen LogP contribution in [0.15, 0.2) is 59.3 Å². The summed E-state index contributed by atoms with van der Waals surface area (Å²) in [6.45, 7) is 0. The number of rotatable bonds is 2. The van der Waals surface area contributed by atoms with E-state index in [1.807, 2.05) is 18.2 Å². The molecule has 6 nitrogen and oxygen atoms in total. The van der Waals surface area contributed by atoms with Gasteiger partial charge in [0.25, 0.3) is 5.78 Å². The fraction of sp³-hybridized carbons (Fsp3) is 0.158. The van der Waals surface area contributed by atoms with Gasteiger partial charge in [-0.05, 0) is 30.0 Å². The predicted octanol–water partition coefficient (Wildman–Crippen LogP) is 3.30. The third-order valence-electron chi connectivity index (χ3n) is 4.65. The van der Waals surface area contributed by atoms with E-state index in [1.165, 1.54) is 0 Å². The molecule has 0 saturated carbocycles. The molecule has 0 radical (unpaired) electrons. The molecule has 0 saturated heterocycles. The maximum atomic E-state index is 12.6. The summed E-state index contributed by atoms with van der Waals surface area (Å²) in [5, 5.41) is 4.53. The lowest BCUT2D eigenvalue weighted by Crippen LogP contribution is -2.22. The Morgan fingerprint density at radius 2 is 1.96 bits per heavy atom. The van der Waals surface area contributed by atoms with Crippen LogP contribution in [0.5, 0.6) is 0 Å². The third-order valence-corrected chi connectivity index (χ3v) is 4.65. The minimum atomic E-state index is 0.0968. The van der Waals surface area contributed by atoms with E-state index in [0.717, 1.165) is 17.7 Å². The first-order valence-corrected chi connectivity index (χ1v) is 8.16. The van der Waals surface area contributed by atoms with Crippen LogP contribution in [-0.2, 0) is 6.42 Å². The molecule has 5 rings (SSSR count). The molecule has 0 bridgehead atoms. The van der Waals surface area contributed by atoms with Gasteiger partial charge in [0.05, 0.1) is 17.5 Å². The van der Waals surface area contributed by atoms with Crippen molar-refractivity contribution in [1.29, 1.82) is 0 Å². The van der Waals surface area contributed by atoms with Crippen molar-refractivity contribution in [2.75, 3.05) is 0 Å². The Morgan fingerprint density at radius 3 is 2.76 bits per heavy atom. The van der Waals surface area contributed by atoms with Crippen molar-refractivity contribution < 1.29 is 9.21 Å². The second-order valence-corrected chi connectivity index (χ2v) is 6.18. The highest BCUT2D eigenvalue weighted by molar-refractivity contribution is 5.98. The van der Waals surface area contributed by atoms with E-state index in [-0.39, 0.29) is 11.7 Å². The van der Waals surface area contributed by atoms with E-state index in [0.29, 0.717) is 29.3 Å². The lowest BCUT2D eigenvalue weighted by molar-refractivity contribution is 0.0962. The maximum Gasteiger partial charge on any atom is 0.253 e. The number of furan rings is 1. The molecule has 0 amide bonds. The molecule has 0 fully saturated rings. The molecule has 3 aromatic heterocycles. The van der Waals surface area contributed by atoms with Crippen LogP contribution in [0, 0.1) is 0 Å². The summed E-state index contributed by atoms with van der Waals surface area (Å²) in [6, 6.07) is 13.7. The van der Waals surface area contributed by atoms with Gasteiger partial charge in [0, 0.05) is 12.6 Å². The molecule has 25 heavy (non-hydrogen) atoms. The summed E-state index contributed by atoms with van der Waals surface area (Å²) < 4.78 is 7.05. The topological polar surface area (TPSA) is 73.3 Å². The van der Waals surface area contributed by atoms with Gasteiger partial charge in [0.15, 0.2) is 11.5 Å². The second-order valence-electron chi connectivity index (χ2n) is 6.18. The molecule has 1 aliphatic rings. The Kier molecular flexibility index (Phi) is 3.03. The molecule has 0 aliphatic heterocycles. The zero-order valence-corrected chi connectivity index (χ0v) is 13.3. The molecule has 0 N–H and O–H groups in total. The summed E-state index contributed by atoms with van der Waals surface area (Å²) in [5.41, 5.74) is 2.66. The van der Waals surface area contributed by atoms with Crippen molar-refractivity contribution in [2.24, 2.45) is 0 Å². The van der Waals surface area contributed by atoms with E-state index >= 15 is 0 Å². The van der Waals surface area contributed by atoms with Crippen LogP contribution < -0.4 is 0 Å². The number of carbonyl (C=O) groups is 1. The van der Waals surface area contributed by atoms with Gasteiger partial charge in [-0.25, -0.2) is 4.98 Å². The summed E-state index contributed by atoms with van der Waals surface area (Å²) in [6.07, 6.45) is 4.42. The molecular weight excluding hydrogens is 316 g/mol. The van der Waals surface area contributed by atoms with Crippen LogP contribution >= 0.6 is 0 Å². The van der Waals surface area contributed by atoms with Crippen molar-refractivity contribution in [2.45, 2.75) is 18.8 Å². The number of ketones is 1. The van der Waals surface area contributed by atoms with Crippen molar-refractivity contribution >= 4 is 11.6 Å². The number of hydrogen-bond acceptors (Lipinski definition) is 5. The maximum absolute atomic E-state index is 12.6. The van der Waals surface area contributed by atoms with E-state index in [4.69, 9.17) is 4.42 Å². The average molecular weight is 330 g/mol. The van der Waals surface area contributed by atoms with Crippen LogP contribution in [0.1, 0.15) is 34.0 Å². The molecule has 1 aliphatic carbocycles. The molecule has 122 valence electrons. The van der Waals surface area contributed by atoms with Crippen LogP contribution in [0.2, 0.25) is 0 Å². The number of Topliss-reactive ketones (excluding diaryl/α,β-unsaturated/α-hetero) is 1. The Hall–Kier alpha value is -3.28. The van der Waals surface area contributed by atoms with Crippen LogP contribution in [-0.4, -0.2) is 25.4 Å². The smallest absolute Gasteiger partial charge is 0.253 e. The van der Waals surface area contributed by atoms with Crippen LogP contribution in [0.25, 0.3) is 17.4 Å². The summed E-state index contributed by atoms with van der Waals surface area (Å²) in [5.74, 6) is 1.77. The lowest BCUT2D eigenvalue weighted by atomic mass is 9.82. The fourth-order valence-corrected chi connectivity index (χ4v) is 3.42. The van der Waals surface area contributed by atoms with Gasteiger partial charge in [-0.2, -0.15) is 9.50 Å². The van der Waals surface area contributed by atoms with Gasteiger partial charge in [-0.15, -0.1) is 5.10 Å². The van der Waals surface area contributed by atoms with Gasteiger partial charge in [0.2, 0.25) is 5.82 Å². The SMILES string of the molecule is O=C1CC(c2ccccc2)Cc2c1cnc1nc(-c3ccco3)nn21. The summed E-state index contributed by atoms with van der Waals surface area (Å²) >= 11 is 0. The first kappa shape index (κ1) is 14.1. The van der Waals surface area contributed by atoms with Gasteiger partial charge in [-0.3, -0.25) is 4.79 Å². The van der Waals surface area contributed by atoms with Gasteiger partial charge in [-0.1, -0.05) is 30.3 Å². The Balaban J connectivity index is 1.64. The molecule has 1 aromatic carbocycles. The largest absolute Gasteiger partial charge is 0.461 e. The molecular formula is C19H14N4O2. The minimum Gasteiger partial charge on any atom is -0.461 e. The standard InChI is InChI=1S/C19H14N4O2/c24-16-10-13(12-5-2-1-3-6-12)9-15-14(16)11-20-19-21-18(22-23(15)19)17-7-4-8-25-17/h1-8,11,13H,9-10H2. The van der Waals surface area contributed by atoms with Crippen molar-refractivity contribution in [3.05, 3.63) is 71.7 Å². The zero-order chi connectivity index (χ0) is 16.8. The first-order valence-electron chi connectivity index (χ1n) is 8.16. The first-order chi connectivity index (χ1) is 12.3. The fourth-order valence-electron chi connectivity index (χ4n) is 3.42. The molecule has 6 heteroatoms. The van der Waals surface area contributed by atoms with Crippen LogP contribution in [0.3, 0.4) is 0 Å². The van der Waals surface area contributed by atoms with Gasteiger partial charge < -0.3 is 4.42 Å². The Morgan fingerprint density at radius 1 is 1.08 bits per heavy atom. The van der Waals surface area contributed by atoms with Crippen molar-refractivity contribution in [3.8, 4) is 11.6 Å². The summed E-state index contributed by atoms with van der Waals surface area (Å²) in [4.78, 5) is 21.4. The monoisotopic (exact) mass is 330 g/mol. The normalized spacial score (nSPS) is 17.0. The van der Waals surface area contributed by atoms with Crippen molar-refractivity contribution in [3.63, 3.8) is 0 Å². The van der Waals surface area contributed by atoms with Gasteiger partial charge in [0.1, 0.15) is 0 Å². The van der Waals surface area contributed by atoms with E-state index in [2.05, 4.69) is 27.2 Å². The Labute approximate surface area is 143 Å². The molecule has 1 atom stereocenters. The second kappa shape index (κ2) is 5.37. The highest BCUT2D eigenvalue weighted by Gasteiger charge is 2.29. The molecule has 1 unspecified atom stereocenters. The number of aromatic nitrogens is 4. The molecule has 0 spiro atoms. The number of nitrogens with zero attached hydrogens (tertiary/aromatic N) is 4. The van der Waals surface area contributed by atoms with E-state index in [1.54, 1.807) is 29.1 Å². The number of fused-ring (bicyclic) bond motifs is 3. The average Bonchev–Trinajstić information content (AvgIpc) is 3.31. The number of carbonyl (C=O) groups excluding carboxylic acids is 1. The number of benzene rings is 1.